The van der Waals surface area contributed by atoms with Gasteiger partial charge >= 0.3 is 0 Å². The van der Waals surface area contributed by atoms with Crippen LogP contribution < -0.4 is 4.74 Å². The van der Waals surface area contributed by atoms with Gasteiger partial charge in [-0.1, -0.05) is 18.2 Å². The monoisotopic (exact) mass is 370 g/mol. The molecule has 4 rings (SSSR count). The number of benzene rings is 1. The lowest BCUT2D eigenvalue weighted by atomic mass is 9.92. The van der Waals surface area contributed by atoms with Gasteiger partial charge in [0.15, 0.2) is 0 Å². The number of piperidine rings is 2. The van der Waals surface area contributed by atoms with Crippen molar-refractivity contribution in [2.45, 2.75) is 38.5 Å². The molecule has 3 aliphatic rings. The van der Waals surface area contributed by atoms with Gasteiger partial charge in [-0.2, -0.15) is 0 Å². The molecule has 0 N–H and O–H groups in total. The highest BCUT2D eigenvalue weighted by molar-refractivity contribution is 5.82. The maximum Gasteiger partial charge on any atom is 0.225 e. The summed E-state index contributed by atoms with van der Waals surface area (Å²) in [7, 11) is 0. The molecule has 1 aromatic rings. The number of carbonyl (C=O) groups is 2. The van der Waals surface area contributed by atoms with Crippen LogP contribution in [0.2, 0.25) is 0 Å². The first-order valence-electron chi connectivity index (χ1n) is 10.5. The number of hydrogen-bond donors (Lipinski definition) is 0. The lowest BCUT2D eigenvalue weighted by molar-refractivity contribution is -0.142. The summed E-state index contributed by atoms with van der Waals surface area (Å²) in [6, 6.07) is 9.89. The second-order valence-corrected chi connectivity index (χ2v) is 8.29. The first kappa shape index (κ1) is 18.3. The lowest BCUT2D eigenvalue weighted by Crippen LogP contribution is -2.48. The molecule has 2 heterocycles. The Kier molecular flexibility index (Phi) is 5.65. The third kappa shape index (κ3) is 4.63. The molecule has 27 heavy (non-hydrogen) atoms. The second kappa shape index (κ2) is 8.32. The molecule has 2 aliphatic heterocycles. The Hall–Kier alpha value is -2.04. The minimum absolute atomic E-state index is 0.0852. The summed E-state index contributed by atoms with van der Waals surface area (Å²) in [4.78, 5) is 29.2. The maximum absolute atomic E-state index is 13.0. The lowest BCUT2D eigenvalue weighted by Gasteiger charge is -2.37. The van der Waals surface area contributed by atoms with Crippen LogP contribution in [-0.4, -0.2) is 54.4 Å². The Balaban J connectivity index is 1.24. The van der Waals surface area contributed by atoms with E-state index >= 15 is 0 Å². The van der Waals surface area contributed by atoms with Crippen molar-refractivity contribution in [2.75, 3.05) is 32.8 Å². The number of para-hydroxylation sites is 1. The van der Waals surface area contributed by atoms with Gasteiger partial charge < -0.3 is 14.5 Å². The average Bonchev–Trinajstić information content (AvgIpc) is 3.58. The fourth-order valence-electron chi connectivity index (χ4n) is 4.33. The van der Waals surface area contributed by atoms with E-state index in [1.165, 1.54) is 0 Å². The van der Waals surface area contributed by atoms with Crippen LogP contribution >= 0.6 is 0 Å². The Morgan fingerprint density at radius 3 is 2.22 bits per heavy atom. The second-order valence-electron chi connectivity index (χ2n) is 8.29. The topological polar surface area (TPSA) is 49.9 Å². The zero-order chi connectivity index (χ0) is 18.6. The molecule has 0 aromatic heterocycles. The number of carbonyl (C=O) groups excluding carboxylic acids is 2. The number of likely N-dealkylation sites (tertiary alicyclic amines) is 2. The van der Waals surface area contributed by atoms with Crippen molar-refractivity contribution in [3.63, 3.8) is 0 Å². The van der Waals surface area contributed by atoms with Crippen LogP contribution in [0.1, 0.15) is 38.5 Å². The Bertz CT molecular complexity index is 651. The van der Waals surface area contributed by atoms with Gasteiger partial charge in [0.25, 0.3) is 0 Å². The summed E-state index contributed by atoms with van der Waals surface area (Å²) in [5, 5.41) is 0. The number of nitrogens with zero attached hydrogens (tertiary/aromatic N) is 2. The average molecular weight is 370 g/mol. The van der Waals surface area contributed by atoms with Crippen LogP contribution in [0.15, 0.2) is 30.3 Å². The van der Waals surface area contributed by atoms with Crippen molar-refractivity contribution < 1.29 is 14.3 Å². The minimum Gasteiger partial charge on any atom is -0.493 e. The van der Waals surface area contributed by atoms with E-state index in [4.69, 9.17) is 4.74 Å². The Morgan fingerprint density at radius 1 is 0.852 bits per heavy atom. The Morgan fingerprint density at radius 2 is 1.52 bits per heavy atom. The van der Waals surface area contributed by atoms with E-state index in [0.29, 0.717) is 18.4 Å². The van der Waals surface area contributed by atoms with Gasteiger partial charge in [-0.25, -0.2) is 0 Å². The van der Waals surface area contributed by atoms with Crippen LogP contribution in [0, 0.1) is 17.8 Å². The quantitative estimate of drug-likeness (QED) is 0.801. The highest BCUT2D eigenvalue weighted by Crippen LogP contribution is 2.33. The summed E-state index contributed by atoms with van der Waals surface area (Å²) in [6.07, 6.45) is 5.91. The van der Waals surface area contributed by atoms with Crippen molar-refractivity contribution >= 4 is 11.8 Å². The molecule has 5 heteroatoms. The first-order valence-corrected chi connectivity index (χ1v) is 10.5. The zero-order valence-corrected chi connectivity index (χ0v) is 16.0. The third-order valence-electron chi connectivity index (χ3n) is 6.14. The van der Waals surface area contributed by atoms with Gasteiger partial charge in [0, 0.05) is 43.9 Å². The summed E-state index contributed by atoms with van der Waals surface area (Å²) in [5.74, 6) is 2.27. The van der Waals surface area contributed by atoms with Gasteiger partial charge in [-0.3, -0.25) is 9.59 Å². The van der Waals surface area contributed by atoms with E-state index in [0.717, 1.165) is 70.5 Å². The SMILES string of the molecule is O=C(C1CC1)N1CCC(C(=O)N2CCCC(COc3ccccc3)C2)CC1. The molecular weight excluding hydrogens is 340 g/mol. The van der Waals surface area contributed by atoms with Crippen molar-refractivity contribution in [1.29, 1.82) is 0 Å². The Labute approximate surface area is 161 Å². The van der Waals surface area contributed by atoms with Gasteiger partial charge in [0.05, 0.1) is 6.61 Å². The molecule has 2 amide bonds. The van der Waals surface area contributed by atoms with E-state index in [2.05, 4.69) is 0 Å². The molecule has 1 aromatic carbocycles. The number of amides is 2. The molecule has 1 aliphatic carbocycles. The van der Waals surface area contributed by atoms with Crippen LogP contribution in [0.5, 0.6) is 5.75 Å². The summed E-state index contributed by atoms with van der Waals surface area (Å²) in [5.41, 5.74) is 0. The molecule has 2 saturated heterocycles. The van der Waals surface area contributed by atoms with Crippen molar-refractivity contribution in [2.24, 2.45) is 17.8 Å². The van der Waals surface area contributed by atoms with Crippen LogP contribution in [0.4, 0.5) is 0 Å². The van der Waals surface area contributed by atoms with Gasteiger partial charge in [0.1, 0.15) is 5.75 Å². The van der Waals surface area contributed by atoms with Crippen molar-refractivity contribution in [3.05, 3.63) is 30.3 Å². The molecule has 1 atom stereocenters. The zero-order valence-electron chi connectivity index (χ0n) is 16.0. The fraction of sp³-hybridized carbons (Fsp3) is 0.636. The van der Waals surface area contributed by atoms with Crippen molar-refractivity contribution in [1.82, 2.24) is 9.80 Å². The molecule has 3 fully saturated rings. The largest absolute Gasteiger partial charge is 0.493 e. The normalized spacial score (nSPS) is 23.9. The molecule has 146 valence electrons. The smallest absolute Gasteiger partial charge is 0.225 e. The van der Waals surface area contributed by atoms with Gasteiger partial charge in [0.2, 0.25) is 11.8 Å². The van der Waals surface area contributed by atoms with Crippen LogP contribution in [0.25, 0.3) is 0 Å². The fourth-order valence-corrected chi connectivity index (χ4v) is 4.33. The highest BCUT2D eigenvalue weighted by Gasteiger charge is 2.37. The van der Waals surface area contributed by atoms with Crippen molar-refractivity contribution in [3.8, 4) is 5.75 Å². The molecule has 0 bridgehead atoms. The molecule has 0 spiro atoms. The maximum atomic E-state index is 13.0. The van der Waals surface area contributed by atoms with E-state index < -0.39 is 0 Å². The number of hydrogen-bond acceptors (Lipinski definition) is 3. The van der Waals surface area contributed by atoms with E-state index in [-0.39, 0.29) is 17.7 Å². The predicted molar refractivity (Wildman–Crippen MR) is 103 cm³/mol. The first-order chi connectivity index (χ1) is 13.2. The molecule has 0 radical (unpaired) electrons. The standard InChI is InChI=1S/C22H30N2O3/c25-21(18-8-9-18)23-13-10-19(11-14-23)22(26)24-12-4-5-17(15-24)16-27-20-6-2-1-3-7-20/h1-3,6-7,17-19H,4-5,8-16H2. The molecule has 1 unspecified atom stereocenters. The summed E-state index contributed by atoms with van der Waals surface area (Å²) in [6.45, 7) is 3.83. The number of rotatable bonds is 5. The van der Waals surface area contributed by atoms with Gasteiger partial charge in [-0.15, -0.1) is 0 Å². The van der Waals surface area contributed by atoms with Crippen LogP contribution in [-0.2, 0) is 9.59 Å². The highest BCUT2D eigenvalue weighted by atomic mass is 16.5. The van der Waals surface area contributed by atoms with Crippen LogP contribution in [0.3, 0.4) is 0 Å². The summed E-state index contributed by atoms with van der Waals surface area (Å²) >= 11 is 0. The third-order valence-corrected chi connectivity index (χ3v) is 6.14. The summed E-state index contributed by atoms with van der Waals surface area (Å²) < 4.78 is 5.91. The minimum atomic E-state index is 0.0852. The van der Waals surface area contributed by atoms with E-state index in [9.17, 15) is 9.59 Å². The molecule has 1 saturated carbocycles. The molecular formula is C22H30N2O3. The predicted octanol–water partition coefficient (Wildman–Crippen LogP) is 2.95. The van der Waals surface area contributed by atoms with Gasteiger partial charge in [-0.05, 0) is 50.7 Å². The van der Waals surface area contributed by atoms with E-state index in [1.54, 1.807) is 0 Å². The van der Waals surface area contributed by atoms with E-state index in [1.807, 2.05) is 40.1 Å². The number of ether oxygens (including phenoxy) is 1. The molecule has 5 nitrogen and oxygen atoms in total.